The summed E-state index contributed by atoms with van der Waals surface area (Å²) in [6, 6.07) is 8.51. The van der Waals surface area contributed by atoms with Crippen LogP contribution in [0.3, 0.4) is 0 Å². The predicted octanol–water partition coefficient (Wildman–Crippen LogP) is 2.45. The molecule has 2 fully saturated rings. The van der Waals surface area contributed by atoms with Crippen molar-refractivity contribution < 1.29 is 9.47 Å². The first-order valence-electron chi connectivity index (χ1n) is 9.81. The third kappa shape index (κ3) is 4.64. The van der Waals surface area contributed by atoms with Gasteiger partial charge in [-0.15, -0.1) is 0 Å². The highest BCUT2D eigenvalue weighted by Gasteiger charge is 2.26. The van der Waals surface area contributed by atoms with Crippen molar-refractivity contribution in [2.75, 3.05) is 46.5 Å². The Labute approximate surface area is 161 Å². The molecule has 0 spiro atoms. The fourth-order valence-corrected chi connectivity index (χ4v) is 4.00. The number of piperidine rings is 1. The summed E-state index contributed by atoms with van der Waals surface area (Å²) in [5.41, 5.74) is 2.18. The zero-order valence-corrected chi connectivity index (χ0v) is 16.0. The highest BCUT2D eigenvalue weighted by atomic mass is 16.5. The van der Waals surface area contributed by atoms with Gasteiger partial charge in [-0.2, -0.15) is 0 Å². The molecular formula is C21H28N4O2. The van der Waals surface area contributed by atoms with Gasteiger partial charge >= 0.3 is 0 Å². The number of methoxy groups -OCH3 is 1. The van der Waals surface area contributed by atoms with E-state index in [1.54, 1.807) is 7.11 Å². The van der Waals surface area contributed by atoms with Gasteiger partial charge < -0.3 is 9.47 Å². The number of benzene rings is 1. The number of aromatic nitrogens is 2. The number of rotatable bonds is 5. The maximum Gasteiger partial charge on any atom is 0.159 e. The van der Waals surface area contributed by atoms with Gasteiger partial charge in [-0.3, -0.25) is 9.80 Å². The highest BCUT2D eigenvalue weighted by molar-refractivity contribution is 5.55. The third-order valence-corrected chi connectivity index (χ3v) is 5.50. The fraction of sp³-hybridized carbons (Fsp3) is 0.524. The highest BCUT2D eigenvalue weighted by Crippen LogP contribution is 2.21. The Morgan fingerprint density at radius 2 is 1.81 bits per heavy atom. The molecule has 6 nitrogen and oxygen atoms in total. The van der Waals surface area contributed by atoms with Crippen LogP contribution in [0.4, 0.5) is 0 Å². The molecule has 1 aromatic carbocycles. The molecule has 2 saturated heterocycles. The van der Waals surface area contributed by atoms with Crippen molar-refractivity contribution in [1.29, 1.82) is 0 Å². The van der Waals surface area contributed by atoms with Crippen molar-refractivity contribution >= 4 is 0 Å². The van der Waals surface area contributed by atoms with Crippen molar-refractivity contribution in [2.45, 2.75) is 25.4 Å². The Balaban J connectivity index is 1.36. The lowest BCUT2D eigenvalue weighted by atomic mass is 10.0. The van der Waals surface area contributed by atoms with Crippen molar-refractivity contribution in [3.8, 4) is 17.1 Å². The van der Waals surface area contributed by atoms with Gasteiger partial charge in [0.25, 0.3) is 0 Å². The van der Waals surface area contributed by atoms with Gasteiger partial charge in [0, 0.05) is 55.7 Å². The lowest BCUT2D eigenvalue weighted by Crippen LogP contribution is -2.51. The minimum absolute atomic E-state index is 0.655. The first-order chi connectivity index (χ1) is 13.3. The van der Waals surface area contributed by atoms with Crippen molar-refractivity contribution in [1.82, 2.24) is 19.8 Å². The van der Waals surface area contributed by atoms with Gasteiger partial charge in [0.1, 0.15) is 5.75 Å². The summed E-state index contributed by atoms with van der Waals surface area (Å²) >= 11 is 0. The van der Waals surface area contributed by atoms with Crippen molar-refractivity contribution in [3.05, 3.63) is 42.2 Å². The van der Waals surface area contributed by atoms with E-state index in [4.69, 9.17) is 9.47 Å². The Morgan fingerprint density at radius 3 is 2.52 bits per heavy atom. The average molecular weight is 368 g/mol. The maximum atomic E-state index is 5.49. The van der Waals surface area contributed by atoms with Crippen LogP contribution < -0.4 is 4.74 Å². The molecule has 0 saturated carbocycles. The van der Waals surface area contributed by atoms with Crippen LogP contribution in [0.5, 0.6) is 5.75 Å². The number of hydrogen-bond donors (Lipinski definition) is 0. The van der Waals surface area contributed by atoms with Crippen LogP contribution in [0, 0.1) is 0 Å². The predicted molar refractivity (Wildman–Crippen MR) is 105 cm³/mol. The smallest absolute Gasteiger partial charge is 0.159 e. The zero-order valence-electron chi connectivity index (χ0n) is 16.0. The minimum Gasteiger partial charge on any atom is -0.497 e. The second-order valence-electron chi connectivity index (χ2n) is 7.32. The third-order valence-electron chi connectivity index (χ3n) is 5.50. The number of hydrogen-bond acceptors (Lipinski definition) is 6. The molecule has 6 heteroatoms. The van der Waals surface area contributed by atoms with Crippen molar-refractivity contribution in [3.63, 3.8) is 0 Å². The van der Waals surface area contributed by atoms with E-state index < -0.39 is 0 Å². The fourth-order valence-electron chi connectivity index (χ4n) is 4.00. The summed E-state index contributed by atoms with van der Waals surface area (Å²) in [6.07, 6.45) is 6.48. The number of likely N-dealkylation sites (tertiary alicyclic amines) is 1. The molecule has 1 aromatic heterocycles. The number of ether oxygens (including phenoxy) is 2. The second kappa shape index (κ2) is 8.78. The van der Waals surface area contributed by atoms with Crippen LogP contribution in [0.25, 0.3) is 11.4 Å². The SMILES string of the molecule is COc1ccc(-c2ncc(CN3CCCC(N4CCOCC4)C3)cn2)cc1. The summed E-state index contributed by atoms with van der Waals surface area (Å²) in [6.45, 7) is 7.08. The first kappa shape index (κ1) is 18.3. The van der Waals surface area contributed by atoms with E-state index in [-0.39, 0.29) is 0 Å². The largest absolute Gasteiger partial charge is 0.497 e. The summed E-state index contributed by atoms with van der Waals surface area (Å²) in [5.74, 6) is 1.60. The molecule has 2 aromatic rings. The summed E-state index contributed by atoms with van der Waals surface area (Å²) < 4.78 is 10.7. The van der Waals surface area contributed by atoms with Gasteiger partial charge in [-0.1, -0.05) is 0 Å². The Bertz CT molecular complexity index is 714. The molecule has 4 rings (SSSR count). The zero-order chi connectivity index (χ0) is 18.5. The molecule has 0 bridgehead atoms. The Kier molecular flexibility index (Phi) is 5.97. The monoisotopic (exact) mass is 368 g/mol. The number of morpholine rings is 1. The molecule has 144 valence electrons. The van der Waals surface area contributed by atoms with Gasteiger partial charge in [-0.25, -0.2) is 9.97 Å². The standard InChI is InChI=1S/C21H28N4O2/c1-26-20-6-4-18(5-7-20)21-22-13-17(14-23-21)15-24-8-2-3-19(16-24)25-9-11-27-12-10-25/h4-7,13-14,19H,2-3,8-12,15-16H2,1H3. The first-order valence-corrected chi connectivity index (χ1v) is 9.81. The van der Waals surface area contributed by atoms with Gasteiger partial charge in [0.2, 0.25) is 0 Å². The van der Waals surface area contributed by atoms with Crippen LogP contribution in [0.2, 0.25) is 0 Å². The van der Waals surface area contributed by atoms with E-state index in [0.717, 1.165) is 63.1 Å². The van der Waals surface area contributed by atoms with Gasteiger partial charge in [0.15, 0.2) is 5.82 Å². The summed E-state index contributed by atoms with van der Waals surface area (Å²) in [7, 11) is 1.67. The quantitative estimate of drug-likeness (QED) is 0.808. The van der Waals surface area contributed by atoms with Crippen LogP contribution in [-0.2, 0) is 11.3 Å². The minimum atomic E-state index is 0.655. The normalized spacial score (nSPS) is 21.9. The van der Waals surface area contributed by atoms with E-state index in [2.05, 4.69) is 19.8 Å². The van der Waals surface area contributed by atoms with E-state index in [9.17, 15) is 0 Å². The molecular weight excluding hydrogens is 340 g/mol. The van der Waals surface area contributed by atoms with E-state index in [1.165, 1.54) is 18.4 Å². The maximum absolute atomic E-state index is 5.49. The van der Waals surface area contributed by atoms with E-state index in [0.29, 0.717) is 6.04 Å². The second-order valence-corrected chi connectivity index (χ2v) is 7.32. The molecule has 0 aliphatic carbocycles. The summed E-state index contributed by atoms with van der Waals surface area (Å²) in [4.78, 5) is 14.3. The lowest BCUT2D eigenvalue weighted by Gasteiger charge is -2.40. The van der Waals surface area contributed by atoms with E-state index in [1.807, 2.05) is 36.7 Å². The van der Waals surface area contributed by atoms with Crippen molar-refractivity contribution in [2.24, 2.45) is 0 Å². The van der Waals surface area contributed by atoms with Crippen LogP contribution in [-0.4, -0.2) is 72.3 Å². The van der Waals surface area contributed by atoms with Crippen LogP contribution in [0.1, 0.15) is 18.4 Å². The summed E-state index contributed by atoms with van der Waals surface area (Å²) in [5, 5.41) is 0. The molecule has 3 heterocycles. The molecule has 27 heavy (non-hydrogen) atoms. The topological polar surface area (TPSA) is 50.7 Å². The van der Waals surface area contributed by atoms with Gasteiger partial charge in [-0.05, 0) is 43.7 Å². The molecule has 0 N–H and O–H groups in total. The van der Waals surface area contributed by atoms with Crippen LogP contribution >= 0.6 is 0 Å². The van der Waals surface area contributed by atoms with E-state index >= 15 is 0 Å². The molecule has 1 unspecified atom stereocenters. The van der Waals surface area contributed by atoms with Gasteiger partial charge in [0.05, 0.1) is 20.3 Å². The van der Waals surface area contributed by atoms with Crippen LogP contribution in [0.15, 0.2) is 36.7 Å². The number of nitrogens with zero attached hydrogens (tertiary/aromatic N) is 4. The lowest BCUT2D eigenvalue weighted by molar-refractivity contribution is -0.00360. The molecule has 0 radical (unpaired) electrons. The molecule has 2 aliphatic heterocycles. The molecule has 2 aliphatic rings. The Hall–Kier alpha value is -2.02. The molecule has 1 atom stereocenters. The average Bonchev–Trinajstić information content (AvgIpc) is 2.75. The Morgan fingerprint density at radius 1 is 1.07 bits per heavy atom. The molecule has 0 amide bonds.